The molecule has 0 aliphatic heterocycles. The zero-order valence-electron chi connectivity index (χ0n) is 13.4. The number of likely N-dealkylation sites (N-methyl/N-ethyl adjacent to an activating group) is 1. The molecule has 7 heteroatoms. The number of aromatic nitrogens is 2. The monoisotopic (exact) mass is 322 g/mol. The van der Waals surface area contributed by atoms with Gasteiger partial charge in [-0.05, 0) is 25.5 Å². The SMILES string of the molecule is CN(C)C(CNCc1cn(C)c(=O)n(C)c1=O)c1cccs1. The molecule has 0 bridgehead atoms. The van der Waals surface area contributed by atoms with E-state index in [-0.39, 0.29) is 17.3 Å². The van der Waals surface area contributed by atoms with E-state index < -0.39 is 0 Å². The molecule has 1 N–H and O–H groups in total. The molecule has 2 aromatic heterocycles. The lowest BCUT2D eigenvalue weighted by Gasteiger charge is -2.23. The van der Waals surface area contributed by atoms with Crippen LogP contribution in [0.2, 0.25) is 0 Å². The van der Waals surface area contributed by atoms with E-state index in [0.717, 1.165) is 11.1 Å². The topological polar surface area (TPSA) is 59.3 Å². The van der Waals surface area contributed by atoms with Gasteiger partial charge in [0.05, 0.1) is 6.04 Å². The van der Waals surface area contributed by atoms with Crippen LogP contribution in [0.3, 0.4) is 0 Å². The van der Waals surface area contributed by atoms with Gasteiger partial charge in [0.15, 0.2) is 0 Å². The lowest BCUT2D eigenvalue weighted by atomic mass is 10.2. The van der Waals surface area contributed by atoms with Crippen LogP contribution in [0, 0.1) is 0 Å². The van der Waals surface area contributed by atoms with Crippen LogP contribution in [0.5, 0.6) is 0 Å². The highest BCUT2D eigenvalue weighted by molar-refractivity contribution is 7.10. The molecule has 0 amide bonds. The van der Waals surface area contributed by atoms with Gasteiger partial charge in [-0.15, -0.1) is 11.3 Å². The number of hydrogen-bond acceptors (Lipinski definition) is 5. The maximum Gasteiger partial charge on any atom is 0.330 e. The number of nitrogens with zero attached hydrogens (tertiary/aromatic N) is 3. The fourth-order valence-corrected chi connectivity index (χ4v) is 3.29. The number of thiophene rings is 1. The summed E-state index contributed by atoms with van der Waals surface area (Å²) in [5.74, 6) is 0. The van der Waals surface area contributed by atoms with Crippen LogP contribution >= 0.6 is 11.3 Å². The summed E-state index contributed by atoms with van der Waals surface area (Å²) in [6.45, 7) is 1.18. The van der Waals surface area contributed by atoms with Crippen LogP contribution in [0.25, 0.3) is 0 Å². The first-order chi connectivity index (χ1) is 10.4. The fraction of sp³-hybridized carbons (Fsp3) is 0.467. The summed E-state index contributed by atoms with van der Waals surface area (Å²) in [6.07, 6.45) is 1.60. The van der Waals surface area contributed by atoms with Gasteiger partial charge < -0.3 is 14.8 Å². The third-order valence-electron chi connectivity index (χ3n) is 3.67. The Kier molecular flexibility index (Phi) is 5.33. The molecule has 1 unspecified atom stereocenters. The number of rotatable bonds is 6. The van der Waals surface area contributed by atoms with Crippen LogP contribution in [0.15, 0.2) is 33.3 Å². The maximum atomic E-state index is 12.1. The van der Waals surface area contributed by atoms with Gasteiger partial charge in [0, 0.05) is 43.8 Å². The Hall–Kier alpha value is -1.70. The highest BCUT2D eigenvalue weighted by atomic mass is 32.1. The second kappa shape index (κ2) is 7.04. The summed E-state index contributed by atoms with van der Waals surface area (Å²) >= 11 is 1.72. The van der Waals surface area contributed by atoms with E-state index in [9.17, 15) is 9.59 Å². The fourth-order valence-electron chi connectivity index (χ4n) is 2.37. The quantitative estimate of drug-likeness (QED) is 0.843. The molecule has 0 aliphatic rings. The Balaban J connectivity index is 2.08. The van der Waals surface area contributed by atoms with Gasteiger partial charge in [-0.2, -0.15) is 0 Å². The molecular formula is C15H22N4O2S. The molecule has 0 spiro atoms. The van der Waals surface area contributed by atoms with Crippen molar-refractivity contribution in [1.82, 2.24) is 19.4 Å². The van der Waals surface area contributed by atoms with Gasteiger partial charge in [0.1, 0.15) is 0 Å². The normalized spacial score (nSPS) is 12.8. The van der Waals surface area contributed by atoms with Gasteiger partial charge in [0.25, 0.3) is 5.56 Å². The third kappa shape index (κ3) is 3.55. The maximum absolute atomic E-state index is 12.1. The summed E-state index contributed by atoms with van der Waals surface area (Å²) < 4.78 is 2.57. The first-order valence-corrected chi connectivity index (χ1v) is 7.96. The highest BCUT2D eigenvalue weighted by Gasteiger charge is 2.15. The van der Waals surface area contributed by atoms with E-state index >= 15 is 0 Å². The number of aryl methyl sites for hydroxylation is 1. The second-order valence-corrected chi connectivity index (χ2v) is 6.52. The molecule has 0 aromatic carbocycles. The van der Waals surface area contributed by atoms with Crippen molar-refractivity contribution in [3.8, 4) is 0 Å². The molecule has 0 fully saturated rings. The van der Waals surface area contributed by atoms with E-state index in [1.54, 1.807) is 24.6 Å². The minimum absolute atomic E-state index is 0.242. The zero-order chi connectivity index (χ0) is 16.3. The summed E-state index contributed by atoms with van der Waals surface area (Å²) in [7, 11) is 7.23. The summed E-state index contributed by atoms with van der Waals surface area (Å²) in [5.41, 5.74) is 0.0416. The average Bonchev–Trinajstić information content (AvgIpc) is 2.99. The van der Waals surface area contributed by atoms with Crippen molar-refractivity contribution in [3.05, 3.63) is 55.0 Å². The number of hydrogen-bond donors (Lipinski definition) is 1. The van der Waals surface area contributed by atoms with Crippen molar-refractivity contribution in [1.29, 1.82) is 0 Å². The molecule has 1 atom stereocenters. The van der Waals surface area contributed by atoms with Crippen LogP contribution in [-0.2, 0) is 20.6 Å². The van der Waals surface area contributed by atoms with E-state index in [0.29, 0.717) is 12.1 Å². The van der Waals surface area contributed by atoms with Gasteiger partial charge in [0.2, 0.25) is 0 Å². The van der Waals surface area contributed by atoms with Crippen LogP contribution in [-0.4, -0.2) is 34.7 Å². The van der Waals surface area contributed by atoms with Gasteiger partial charge in [-0.1, -0.05) is 6.07 Å². The predicted molar refractivity (Wildman–Crippen MR) is 89.4 cm³/mol. The van der Waals surface area contributed by atoms with Crippen LogP contribution in [0.1, 0.15) is 16.5 Å². The molecule has 22 heavy (non-hydrogen) atoms. The van der Waals surface area contributed by atoms with Crippen molar-refractivity contribution < 1.29 is 0 Å². The molecule has 120 valence electrons. The molecule has 2 aromatic rings. The predicted octanol–water partition coefficient (Wildman–Crippen LogP) is 0.538. The Morgan fingerprint density at radius 3 is 2.64 bits per heavy atom. The zero-order valence-corrected chi connectivity index (χ0v) is 14.2. The molecule has 0 saturated heterocycles. The first kappa shape index (κ1) is 16.7. The van der Waals surface area contributed by atoms with Crippen LogP contribution in [0.4, 0.5) is 0 Å². The van der Waals surface area contributed by atoms with Crippen LogP contribution < -0.4 is 16.6 Å². The van der Waals surface area contributed by atoms with Crippen molar-refractivity contribution in [2.45, 2.75) is 12.6 Å². The minimum Gasteiger partial charge on any atom is -0.310 e. The largest absolute Gasteiger partial charge is 0.330 e. The van der Waals surface area contributed by atoms with E-state index in [1.807, 2.05) is 20.2 Å². The second-order valence-electron chi connectivity index (χ2n) is 5.54. The van der Waals surface area contributed by atoms with Crippen molar-refractivity contribution in [2.24, 2.45) is 14.1 Å². The molecule has 0 radical (unpaired) electrons. The minimum atomic E-state index is -0.307. The molecular weight excluding hydrogens is 300 g/mol. The standard InChI is InChI=1S/C15H22N4O2S/c1-17(2)12(13-6-5-7-22-13)9-16-8-11-10-18(3)15(21)19(4)14(11)20/h5-7,10,12,16H,8-9H2,1-4H3. The molecule has 0 aliphatic carbocycles. The van der Waals surface area contributed by atoms with Gasteiger partial charge in [-0.3, -0.25) is 9.36 Å². The smallest absolute Gasteiger partial charge is 0.310 e. The number of nitrogens with one attached hydrogen (secondary N) is 1. The Labute approximate surface area is 133 Å². The van der Waals surface area contributed by atoms with E-state index in [1.165, 1.54) is 16.5 Å². The Morgan fingerprint density at radius 1 is 1.32 bits per heavy atom. The van der Waals surface area contributed by atoms with Gasteiger partial charge >= 0.3 is 5.69 Å². The Morgan fingerprint density at radius 2 is 2.05 bits per heavy atom. The van der Waals surface area contributed by atoms with E-state index in [2.05, 4.69) is 21.7 Å². The molecule has 2 rings (SSSR count). The first-order valence-electron chi connectivity index (χ1n) is 7.08. The lowest BCUT2D eigenvalue weighted by Crippen LogP contribution is -2.40. The van der Waals surface area contributed by atoms with Crippen molar-refractivity contribution >= 4 is 11.3 Å². The van der Waals surface area contributed by atoms with Gasteiger partial charge in [-0.25, -0.2) is 4.79 Å². The average molecular weight is 322 g/mol. The molecule has 2 heterocycles. The molecule has 6 nitrogen and oxygen atoms in total. The summed E-state index contributed by atoms with van der Waals surface area (Å²) in [6, 6.07) is 4.41. The Bertz CT molecular complexity index is 731. The van der Waals surface area contributed by atoms with Crippen molar-refractivity contribution in [3.63, 3.8) is 0 Å². The van der Waals surface area contributed by atoms with E-state index in [4.69, 9.17) is 0 Å². The summed E-state index contributed by atoms with van der Waals surface area (Å²) in [4.78, 5) is 27.2. The lowest BCUT2D eigenvalue weighted by molar-refractivity contribution is 0.292. The highest BCUT2D eigenvalue weighted by Crippen LogP contribution is 2.22. The molecule has 0 saturated carbocycles. The van der Waals surface area contributed by atoms with Crippen molar-refractivity contribution in [2.75, 3.05) is 20.6 Å². The summed E-state index contributed by atoms with van der Waals surface area (Å²) in [5, 5.41) is 5.39. The third-order valence-corrected chi connectivity index (χ3v) is 4.64.